The molecule has 4 rings (SSSR count). The Hall–Kier alpha value is -4.59. The number of hydrazone groups is 1. The second-order valence-electron chi connectivity index (χ2n) is 7.68. The Labute approximate surface area is 197 Å². The Kier molecular flexibility index (Phi) is 6.88. The van der Waals surface area contributed by atoms with E-state index in [2.05, 4.69) is 15.8 Å². The summed E-state index contributed by atoms with van der Waals surface area (Å²) in [6.45, 7) is 0.178. The van der Waals surface area contributed by atoms with Crippen LogP contribution in [0.2, 0.25) is 0 Å². The van der Waals surface area contributed by atoms with Crippen LogP contribution in [0.25, 0.3) is 6.08 Å². The van der Waals surface area contributed by atoms with Crippen LogP contribution in [-0.4, -0.2) is 38.9 Å². The zero-order valence-electron chi connectivity index (χ0n) is 18.8. The number of rotatable bonds is 7. The van der Waals surface area contributed by atoms with Crippen molar-refractivity contribution in [3.8, 4) is 11.5 Å². The number of carbonyl (C=O) groups excluding carboxylic acids is 2. The third kappa shape index (κ3) is 5.60. The SMILES string of the molecule is CN(C)c1ccc(C=C(NC(=O)c2ccccc2)C(=O)NN=Cc2ccc3c(c2)OCO3)cc1. The average Bonchev–Trinajstić information content (AvgIpc) is 3.32. The number of ether oxygens (including phenoxy) is 2. The molecule has 0 saturated heterocycles. The van der Waals surface area contributed by atoms with Crippen LogP contribution >= 0.6 is 0 Å². The molecule has 1 aliphatic rings. The molecule has 0 radical (unpaired) electrons. The zero-order valence-corrected chi connectivity index (χ0v) is 18.8. The summed E-state index contributed by atoms with van der Waals surface area (Å²) in [6.07, 6.45) is 3.09. The molecule has 0 unspecified atom stereocenters. The van der Waals surface area contributed by atoms with Crippen LogP contribution in [0.3, 0.4) is 0 Å². The van der Waals surface area contributed by atoms with Gasteiger partial charge in [0.05, 0.1) is 6.21 Å². The van der Waals surface area contributed by atoms with Crippen LogP contribution < -0.4 is 25.1 Å². The maximum absolute atomic E-state index is 12.9. The summed E-state index contributed by atoms with van der Waals surface area (Å²) in [7, 11) is 3.89. The molecule has 3 aromatic rings. The molecule has 1 aliphatic heterocycles. The van der Waals surface area contributed by atoms with Gasteiger partial charge >= 0.3 is 0 Å². The first kappa shape index (κ1) is 22.6. The molecule has 2 amide bonds. The van der Waals surface area contributed by atoms with Crippen molar-refractivity contribution in [2.75, 3.05) is 25.8 Å². The van der Waals surface area contributed by atoms with Crippen molar-refractivity contribution in [1.82, 2.24) is 10.7 Å². The summed E-state index contributed by atoms with van der Waals surface area (Å²) in [5.41, 5.74) is 5.47. The smallest absolute Gasteiger partial charge is 0.287 e. The normalized spacial score (nSPS) is 12.5. The van der Waals surface area contributed by atoms with E-state index in [1.165, 1.54) is 6.21 Å². The predicted molar refractivity (Wildman–Crippen MR) is 131 cm³/mol. The Bertz CT molecular complexity index is 1240. The lowest BCUT2D eigenvalue weighted by atomic mass is 10.1. The van der Waals surface area contributed by atoms with E-state index >= 15 is 0 Å². The topological polar surface area (TPSA) is 92.3 Å². The lowest BCUT2D eigenvalue weighted by Gasteiger charge is -2.12. The van der Waals surface area contributed by atoms with E-state index in [1.54, 1.807) is 48.5 Å². The monoisotopic (exact) mass is 456 g/mol. The van der Waals surface area contributed by atoms with Gasteiger partial charge in [0.15, 0.2) is 11.5 Å². The van der Waals surface area contributed by atoms with E-state index in [1.807, 2.05) is 49.3 Å². The molecular weight excluding hydrogens is 432 g/mol. The minimum Gasteiger partial charge on any atom is -0.454 e. The van der Waals surface area contributed by atoms with Crippen molar-refractivity contribution in [2.24, 2.45) is 5.10 Å². The number of amides is 2. The fourth-order valence-electron chi connectivity index (χ4n) is 3.20. The van der Waals surface area contributed by atoms with Crippen LogP contribution in [-0.2, 0) is 4.79 Å². The third-order valence-corrected chi connectivity index (χ3v) is 5.03. The van der Waals surface area contributed by atoms with Crippen molar-refractivity contribution in [2.45, 2.75) is 0 Å². The highest BCUT2D eigenvalue weighted by Gasteiger charge is 2.15. The van der Waals surface area contributed by atoms with Crippen LogP contribution in [0.5, 0.6) is 11.5 Å². The van der Waals surface area contributed by atoms with Gasteiger partial charge in [-0.1, -0.05) is 30.3 Å². The number of anilines is 1. The Balaban J connectivity index is 1.52. The number of fused-ring (bicyclic) bond motifs is 1. The first-order valence-electron chi connectivity index (χ1n) is 10.6. The lowest BCUT2D eigenvalue weighted by Crippen LogP contribution is -2.32. The Morgan fingerprint density at radius 1 is 0.912 bits per heavy atom. The molecule has 3 aromatic carbocycles. The molecular formula is C26H24N4O4. The van der Waals surface area contributed by atoms with Crippen LogP contribution in [0.1, 0.15) is 21.5 Å². The van der Waals surface area contributed by atoms with Gasteiger partial charge in [-0.05, 0) is 59.7 Å². The minimum atomic E-state index is -0.557. The van der Waals surface area contributed by atoms with Gasteiger partial charge < -0.3 is 19.7 Å². The van der Waals surface area contributed by atoms with Crippen LogP contribution in [0.4, 0.5) is 5.69 Å². The van der Waals surface area contributed by atoms with E-state index < -0.39 is 11.8 Å². The lowest BCUT2D eigenvalue weighted by molar-refractivity contribution is -0.117. The fourth-order valence-corrected chi connectivity index (χ4v) is 3.20. The summed E-state index contributed by atoms with van der Waals surface area (Å²) < 4.78 is 10.6. The van der Waals surface area contributed by atoms with Crippen molar-refractivity contribution < 1.29 is 19.1 Å². The van der Waals surface area contributed by atoms with Crippen LogP contribution in [0.15, 0.2) is 83.6 Å². The van der Waals surface area contributed by atoms with E-state index in [-0.39, 0.29) is 12.5 Å². The molecule has 0 aliphatic carbocycles. The molecule has 8 nitrogen and oxygen atoms in total. The molecule has 1 heterocycles. The summed E-state index contributed by atoms with van der Waals surface area (Å²) in [5, 5.41) is 6.72. The van der Waals surface area contributed by atoms with Crippen molar-refractivity contribution in [3.05, 3.63) is 95.2 Å². The predicted octanol–water partition coefficient (Wildman–Crippen LogP) is 3.40. The van der Waals surface area contributed by atoms with Gasteiger partial charge in [-0.2, -0.15) is 5.10 Å². The van der Waals surface area contributed by atoms with Gasteiger partial charge in [-0.25, -0.2) is 5.43 Å². The molecule has 0 fully saturated rings. The van der Waals surface area contributed by atoms with Crippen molar-refractivity contribution in [1.29, 1.82) is 0 Å². The van der Waals surface area contributed by atoms with E-state index in [9.17, 15) is 9.59 Å². The van der Waals surface area contributed by atoms with Crippen molar-refractivity contribution >= 4 is 29.8 Å². The van der Waals surface area contributed by atoms with Crippen LogP contribution in [0, 0.1) is 0 Å². The Morgan fingerprint density at radius 2 is 1.62 bits per heavy atom. The standard InChI is InChI=1S/C26H24N4O4/c1-30(2)21-11-8-18(9-12-21)14-22(28-25(31)20-6-4-3-5-7-20)26(32)29-27-16-19-10-13-23-24(15-19)34-17-33-23/h3-16H,17H2,1-2H3,(H,28,31)(H,29,32). The molecule has 0 atom stereocenters. The number of carbonyl (C=O) groups is 2. The van der Waals surface area contributed by atoms with Gasteiger partial charge in [0.25, 0.3) is 11.8 Å². The Morgan fingerprint density at radius 3 is 2.35 bits per heavy atom. The fraction of sp³-hybridized carbons (Fsp3) is 0.115. The minimum absolute atomic E-state index is 0.0642. The quantitative estimate of drug-likeness (QED) is 0.323. The van der Waals surface area contributed by atoms with Gasteiger partial charge in [-0.15, -0.1) is 0 Å². The molecule has 8 heteroatoms. The molecule has 0 aromatic heterocycles. The summed E-state index contributed by atoms with van der Waals surface area (Å²) in [6, 6.07) is 21.6. The van der Waals surface area contributed by atoms with Crippen molar-refractivity contribution in [3.63, 3.8) is 0 Å². The molecule has 2 N–H and O–H groups in total. The molecule has 0 bridgehead atoms. The highest BCUT2D eigenvalue weighted by atomic mass is 16.7. The highest BCUT2D eigenvalue weighted by molar-refractivity contribution is 6.05. The maximum Gasteiger partial charge on any atom is 0.287 e. The molecule has 172 valence electrons. The second kappa shape index (κ2) is 10.4. The van der Waals surface area contributed by atoms with Gasteiger partial charge in [0, 0.05) is 25.3 Å². The van der Waals surface area contributed by atoms with E-state index in [0.29, 0.717) is 17.1 Å². The van der Waals surface area contributed by atoms with Gasteiger partial charge in [0.1, 0.15) is 5.70 Å². The first-order chi connectivity index (χ1) is 16.5. The molecule has 0 saturated carbocycles. The number of benzene rings is 3. The second-order valence-corrected chi connectivity index (χ2v) is 7.68. The summed E-state index contributed by atoms with van der Waals surface area (Å²) >= 11 is 0. The first-order valence-corrected chi connectivity index (χ1v) is 10.6. The van der Waals surface area contributed by atoms with E-state index in [4.69, 9.17) is 9.47 Å². The zero-order chi connectivity index (χ0) is 23.9. The molecule has 0 spiro atoms. The van der Waals surface area contributed by atoms with Gasteiger partial charge in [0.2, 0.25) is 6.79 Å². The van der Waals surface area contributed by atoms with Gasteiger partial charge in [-0.3, -0.25) is 9.59 Å². The number of nitrogens with one attached hydrogen (secondary N) is 2. The summed E-state index contributed by atoms with van der Waals surface area (Å²) in [5.74, 6) is 0.326. The van der Waals surface area contributed by atoms with E-state index in [0.717, 1.165) is 16.8 Å². The number of hydrogen-bond acceptors (Lipinski definition) is 6. The average molecular weight is 457 g/mol. The number of nitrogens with zero attached hydrogens (tertiary/aromatic N) is 2. The maximum atomic E-state index is 12.9. The molecule has 34 heavy (non-hydrogen) atoms. The third-order valence-electron chi connectivity index (χ3n) is 5.03. The number of hydrogen-bond donors (Lipinski definition) is 2. The highest BCUT2D eigenvalue weighted by Crippen LogP contribution is 2.31. The summed E-state index contributed by atoms with van der Waals surface area (Å²) in [4.78, 5) is 27.6. The largest absolute Gasteiger partial charge is 0.454 e.